The maximum atomic E-state index is 12.1. The third-order valence-electron chi connectivity index (χ3n) is 4.39. The van der Waals surface area contributed by atoms with Crippen LogP contribution in [0, 0.1) is 15.5 Å². The summed E-state index contributed by atoms with van der Waals surface area (Å²) in [6.45, 7) is 11.6. The van der Waals surface area contributed by atoms with E-state index in [2.05, 4.69) is 47.2 Å². The fourth-order valence-electron chi connectivity index (χ4n) is 3.35. The Kier molecular flexibility index (Phi) is 3.94. The first-order valence-corrected chi connectivity index (χ1v) is 8.98. The maximum absolute atomic E-state index is 12.1. The van der Waals surface area contributed by atoms with Gasteiger partial charge in [0.15, 0.2) is 0 Å². The molecule has 1 saturated heterocycles. The van der Waals surface area contributed by atoms with Crippen molar-refractivity contribution in [3.05, 3.63) is 15.5 Å². The Morgan fingerprint density at radius 1 is 1.36 bits per heavy atom. The maximum Gasteiger partial charge on any atom is 0.410 e. The van der Waals surface area contributed by atoms with Crippen molar-refractivity contribution in [2.24, 2.45) is 11.8 Å². The number of nitrogens with zero attached hydrogens (tertiary/aromatic N) is 3. The lowest BCUT2D eigenvalue weighted by Gasteiger charge is -2.25. The second kappa shape index (κ2) is 5.39. The highest BCUT2D eigenvalue weighted by Crippen LogP contribution is 2.58. The molecule has 2 heterocycles. The molecule has 122 valence electrons. The first kappa shape index (κ1) is 16.1. The van der Waals surface area contributed by atoms with Crippen LogP contribution in [0.5, 0.6) is 0 Å². The van der Waals surface area contributed by atoms with Gasteiger partial charge in [-0.05, 0) is 75.1 Å². The van der Waals surface area contributed by atoms with Gasteiger partial charge >= 0.3 is 6.09 Å². The zero-order chi connectivity index (χ0) is 16.2. The van der Waals surface area contributed by atoms with Crippen LogP contribution in [0.3, 0.4) is 0 Å². The van der Waals surface area contributed by atoms with E-state index in [0.29, 0.717) is 23.8 Å². The SMILES string of the molecule is CC(C)n1nc(C2[C@H]3CN(C(=O)OC(C)(C)C)C[C@@H]23)cc1I. The van der Waals surface area contributed by atoms with Gasteiger partial charge in [0.05, 0.1) is 9.39 Å². The van der Waals surface area contributed by atoms with Gasteiger partial charge in [-0.2, -0.15) is 5.10 Å². The molecule has 1 aliphatic heterocycles. The molecular formula is C16H24IN3O2. The van der Waals surface area contributed by atoms with Crippen LogP contribution < -0.4 is 0 Å². The number of halogens is 1. The first-order valence-electron chi connectivity index (χ1n) is 7.90. The van der Waals surface area contributed by atoms with Gasteiger partial charge in [-0.3, -0.25) is 4.68 Å². The zero-order valence-electron chi connectivity index (χ0n) is 13.8. The summed E-state index contributed by atoms with van der Waals surface area (Å²) in [5.74, 6) is 1.63. The van der Waals surface area contributed by atoms with Crippen LogP contribution in [-0.2, 0) is 4.74 Å². The van der Waals surface area contributed by atoms with Crippen molar-refractivity contribution in [2.45, 2.75) is 52.2 Å². The van der Waals surface area contributed by atoms with Crippen molar-refractivity contribution in [3.8, 4) is 0 Å². The lowest BCUT2D eigenvalue weighted by molar-refractivity contribution is 0.0270. The van der Waals surface area contributed by atoms with Gasteiger partial charge in [0.1, 0.15) is 5.60 Å². The standard InChI is InChI=1S/C16H24IN3O2/c1-9(2)20-13(17)6-12(18-20)14-10-7-19(8-11(10)14)15(21)22-16(3,4)5/h6,9-11,14H,7-8H2,1-5H3/t10-,11+,14?. The van der Waals surface area contributed by atoms with Crippen LogP contribution >= 0.6 is 22.6 Å². The van der Waals surface area contributed by atoms with E-state index in [-0.39, 0.29) is 6.09 Å². The minimum atomic E-state index is -0.421. The summed E-state index contributed by atoms with van der Waals surface area (Å²) in [7, 11) is 0. The molecule has 0 aromatic carbocycles. The predicted octanol–water partition coefficient (Wildman–Crippen LogP) is 3.65. The van der Waals surface area contributed by atoms with E-state index in [4.69, 9.17) is 9.84 Å². The normalized spacial score (nSPS) is 27.2. The smallest absolute Gasteiger partial charge is 0.410 e. The summed E-state index contributed by atoms with van der Waals surface area (Å²) in [4.78, 5) is 13.9. The number of piperidine rings is 1. The molecule has 1 unspecified atom stereocenters. The highest BCUT2D eigenvalue weighted by molar-refractivity contribution is 14.1. The van der Waals surface area contributed by atoms with Gasteiger partial charge in [-0.15, -0.1) is 0 Å². The van der Waals surface area contributed by atoms with Crippen LogP contribution in [0.1, 0.15) is 52.3 Å². The van der Waals surface area contributed by atoms with Crippen LogP contribution in [0.25, 0.3) is 0 Å². The molecule has 1 amide bonds. The van der Waals surface area contributed by atoms with E-state index in [1.165, 1.54) is 9.39 Å². The highest BCUT2D eigenvalue weighted by Gasteiger charge is 2.58. The molecular weight excluding hydrogens is 393 g/mol. The van der Waals surface area contributed by atoms with E-state index in [9.17, 15) is 4.79 Å². The lowest BCUT2D eigenvalue weighted by Crippen LogP contribution is -2.36. The molecule has 0 N–H and O–H groups in total. The molecule has 1 aromatic heterocycles. The van der Waals surface area contributed by atoms with E-state index < -0.39 is 5.60 Å². The van der Waals surface area contributed by atoms with E-state index in [1.54, 1.807) is 0 Å². The fraction of sp³-hybridized carbons (Fsp3) is 0.750. The Labute approximate surface area is 145 Å². The van der Waals surface area contributed by atoms with Crippen molar-refractivity contribution in [3.63, 3.8) is 0 Å². The highest BCUT2D eigenvalue weighted by atomic mass is 127. The van der Waals surface area contributed by atoms with Crippen molar-refractivity contribution in [1.29, 1.82) is 0 Å². The molecule has 3 rings (SSSR count). The molecule has 1 aliphatic carbocycles. The third-order valence-corrected chi connectivity index (χ3v) is 5.19. The Balaban J connectivity index is 1.61. The third kappa shape index (κ3) is 2.98. The van der Waals surface area contributed by atoms with Gasteiger partial charge in [0.25, 0.3) is 0 Å². The molecule has 5 nitrogen and oxygen atoms in total. The molecule has 3 atom stereocenters. The predicted molar refractivity (Wildman–Crippen MR) is 92.9 cm³/mol. The fourth-order valence-corrected chi connectivity index (χ4v) is 4.34. The summed E-state index contributed by atoms with van der Waals surface area (Å²) in [5, 5.41) is 4.76. The number of carbonyl (C=O) groups excluding carboxylic acids is 1. The van der Waals surface area contributed by atoms with Crippen LogP contribution in [0.2, 0.25) is 0 Å². The monoisotopic (exact) mass is 417 g/mol. The summed E-state index contributed by atoms with van der Waals surface area (Å²) in [6.07, 6.45) is -0.180. The topological polar surface area (TPSA) is 47.4 Å². The zero-order valence-corrected chi connectivity index (χ0v) is 16.0. The van der Waals surface area contributed by atoms with Gasteiger partial charge in [-0.25, -0.2) is 4.79 Å². The number of fused-ring (bicyclic) bond motifs is 1. The molecule has 0 spiro atoms. The Hall–Kier alpha value is -0.790. The molecule has 6 heteroatoms. The van der Waals surface area contributed by atoms with Crippen molar-refractivity contribution in [1.82, 2.24) is 14.7 Å². The van der Waals surface area contributed by atoms with Gasteiger partial charge < -0.3 is 9.64 Å². The average Bonchev–Trinajstić information content (AvgIpc) is 2.73. The largest absolute Gasteiger partial charge is 0.444 e. The molecule has 2 fully saturated rings. The number of hydrogen-bond donors (Lipinski definition) is 0. The molecule has 2 aliphatic rings. The number of likely N-dealkylation sites (tertiary alicyclic amines) is 1. The number of hydrogen-bond acceptors (Lipinski definition) is 3. The molecule has 0 radical (unpaired) electrons. The summed E-state index contributed by atoms with van der Waals surface area (Å²) in [6, 6.07) is 2.58. The molecule has 22 heavy (non-hydrogen) atoms. The number of ether oxygens (including phenoxy) is 1. The molecule has 1 saturated carbocycles. The number of aromatic nitrogens is 2. The Morgan fingerprint density at radius 2 is 1.95 bits per heavy atom. The van der Waals surface area contributed by atoms with Crippen molar-refractivity contribution >= 4 is 28.7 Å². The van der Waals surface area contributed by atoms with Crippen LogP contribution in [0.15, 0.2) is 6.07 Å². The Bertz CT molecular complexity index is 579. The quantitative estimate of drug-likeness (QED) is 0.691. The van der Waals surface area contributed by atoms with E-state index >= 15 is 0 Å². The van der Waals surface area contributed by atoms with Crippen LogP contribution in [0.4, 0.5) is 4.79 Å². The summed E-state index contributed by atoms with van der Waals surface area (Å²) in [5.41, 5.74) is 0.770. The summed E-state index contributed by atoms with van der Waals surface area (Å²) < 4.78 is 8.72. The number of carbonyl (C=O) groups is 1. The van der Waals surface area contributed by atoms with Crippen molar-refractivity contribution < 1.29 is 9.53 Å². The first-order chi connectivity index (χ1) is 10.2. The number of amides is 1. The summed E-state index contributed by atoms with van der Waals surface area (Å²) >= 11 is 2.35. The molecule has 0 bridgehead atoms. The minimum absolute atomic E-state index is 0.180. The lowest BCUT2D eigenvalue weighted by atomic mass is 10.2. The average molecular weight is 417 g/mol. The Morgan fingerprint density at radius 3 is 2.41 bits per heavy atom. The minimum Gasteiger partial charge on any atom is -0.444 e. The van der Waals surface area contributed by atoms with Gasteiger partial charge in [-0.1, -0.05) is 0 Å². The van der Waals surface area contributed by atoms with Crippen LogP contribution in [-0.4, -0.2) is 39.5 Å². The second-order valence-corrected chi connectivity index (χ2v) is 8.77. The number of rotatable bonds is 2. The second-order valence-electron chi connectivity index (χ2n) is 7.67. The van der Waals surface area contributed by atoms with Gasteiger partial charge in [0.2, 0.25) is 0 Å². The van der Waals surface area contributed by atoms with Gasteiger partial charge in [0, 0.05) is 25.0 Å². The van der Waals surface area contributed by atoms with Crippen molar-refractivity contribution in [2.75, 3.05) is 13.1 Å². The molecule has 1 aromatic rings. The van der Waals surface area contributed by atoms with E-state index in [0.717, 1.165) is 13.1 Å². The van der Waals surface area contributed by atoms with E-state index in [1.807, 2.05) is 25.7 Å².